The molecule has 3 fully saturated rings. The highest BCUT2D eigenvalue weighted by molar-refractivity contribution is 6.31. The number of amides is 1. The van der Waals surface area contributed by atoms with Crippen molar-refractivity contribution in [2.75, 3.05) is 29.9 Å². The first-order valence-corrected chi connectivity index (χ1v) is 11.0. The third-order valence-electron chi connectivity index (χ3n) is 6.35. The summed E-state index contributed by atoms with van der Waals surface area (Å²) in [6, 6.07) is 3.35. The number of anilines is 3. The molecule has 3 aliphatic rings. The van der Waals surface area contributed by atoms with Gasteiger partial charge < -0.3 is 20.2 Å². The molecule has 2 aliphatic heterocycles. The molecular weight excluding hydrogens is 442 g/mol. The van der Waals surface area contributed by atoms with Gasteiger partial charge in [0, 0.05) is 50.8 Å². The summed E-state index contributed by atoms with van der Waals surface area (Å²) in [5, 5.41) is 12.6. The van der Waals surface area contributed by atoms with E-state index in [1.165, 1.54) is 0 Å². The van der Waals surface area contributed by atoms with Crippen LogP contribution in [0, 0.1) is 5.92 Å². The molecule has 2 N–H and O–H groups in total. The van der Waals surface area contributed by atoms with Crippen LogP contribution in [0.2, 0.25) is 5.02 Å². The maximum atomic E-state index is 13.4. The van der Waals surface area contributed by atoms with E-state index >= 15 is 0 Å². The van der Waals surface area contributed by atoms with Crippen molar-refractivity contribution in [2.24, 2.45) is 5.92 Å². The molecule has 170 valence electrons. The summed E-state index contributed by atoms with van der Waals surface area (Å²) >= 11 is 6.21. The molecule has 5 rings (SSSR count). The van der Waals surface area contributed by atoms with Crippen LogP contribution >= 0.6 is 11.6 Å². The van der Waals surface area contributed by atoms with Crippen LogP contribution in [0.3, 0.4) is 0 Å². The lowest BCUT2D eigenvalue weighted by Gasteiger charge is -2.41. The number of hydrogen-bond acceptors (Lipinski definition) is 7. The zero-order valence-electron chi connectivity index (χ0n) is 17.2. The van der Waals surface area contributed by atoms with Gasteiger partial charge in [-0.3, -0.25) is 9.78 Å². The molecule has 1 saturated carbocycles. The number of pyridine rings is 1. The molecule has 2 bridgehead atoms. The molecule has 32 heavy (non-hydrogen) atoms. The van der Waals surface area contributed by atoms with Crippen LogP contribution in [-0.4, -0.2) is 68.6 Å². The monoisotopic (exact) mass is 464 g/mol. The molecule has 0 radical (unpaired) electrons. The van der Waals surface area contributed by atoms with Crippen molar-refractivity contribution in [3.63, 3.8) is 0 Å². The van der Waals surface area contributed by atoms with Crippen LogP contribution < -0.4 is 10.2 Å². The van der Waals surface area contributed by atoms with E-state index in [1.54, 1.807) is 29.4 Å². The van der Waals surface area contributed by atoms with Crippen molar-refractivity contribution in [1.82, 2.24) is 19.9 Å². The Morgan fingerprint density at radius 2 is 2.00 bits per heavy atom. The van der Waals surface area contributed by atoms with Crippen LogP contribution in [0.15, 0.2) is 24.5 Å². The third kappa shape index (κ3) is 3.97. The number of carbonyl (C=O) groups is 1. The highest BCUT2D eigenvalue weighted by Gasteiger charge is 2.64. The maximum absolute atomic E-state index is 13.4. The molecule has 11 heteroatoms. The van der Waals surface area contributed by atoms with Crippen LogP contribution in [0.25, 0.3) is 0 Å². The molecule has 4 heterocycles. The van der Waals surface area contributed by atoms with Crippen molar-refractivity contribution >= 4 is 35.0 Å². The van der Waals surface area contributed by atoms with Crippen molar-refractivity contribution in [3.05, 3.63) is 35.2 Å². The minimum Gasteiger partial charge on any atom is -0.396 e. The summed E-state index contributed by atoms with van der Waals surface area (Å²) in [4.78, 5) is 29.5. The second-order valence-electron chi connectivity index (χ2n) is 8.54. The Hall–Kier alpha value is -2.59. The Morgan fingerprint density at radius 1 is 1.28 bits per heavy atom. The smallest absolute Gasteiger partial charge is 0.260 e. The second-order valence-corrected chi connectivity index (χ2v) is 8.95. The van der Waals surface area contributed by atoms with E-state index in [0.717, 1.165) is 12.8 Å². The molecule has 3 atom stereocenters. The number of aliphatic hydroxyl groups excluding tert-OH is 1. The zero-order valence-corrected chi connectivity index (χ0v) is 18.0. The number of alkyl halides is 2. The van der Waals surface area contributed by atoms with Crippen molar-refractivity contribution < 1.29 is 18.7 Å². The standard InChI is InChI=1S/C21H23ClF2N6O2/c22-16-7-12(9-26-17(16)4-6-31)27-20-25-5-3-18(28-20)29-10-13-1-2-14(11-29)30(13)19(32)15-8-21(15,23)24/h3,5,7,9,13-15,31H,1-2,4,6,8,10-11H2,(H,25,27,28)/t13?,14?,15-/m0/s1. The number of rotatable bonds is 6. The number of aliphatic hydroxyl groups is 1. The van der Waals surface area contributed by atoms with E-state index in [9.17, 15) is 13.6 Å². The lowest BCUT2D eigenvalue weighted by molar-refractivity contribution is -0.138. The van der Waals surface area contributed by atoms with Crippen LogP contribution in [0.4, 0.5) is 26.2 Å². The average Bonchev–Trinajstić information content (AvgIpc) is 3.33. The summed E-state index contributed by atoms with van der Waals surface area (Å²) < 4.78 is 26.8. The van der Waals surface area contributed by atoms with E-state index in [4.69, 9.17) is 16.7 Å². The normalized spacial score (nSPS) is 25.7. The van der Waals surface area contributed by atoms with Crippen molar-refractivity contribution in [1.29, 1.82) is 0 Å². The second kappa shape index (κ2) is 8.08. The molecule has 2 saturated heterocycles. The lowest BCUT2D eigenvalue weighted by atomic mass is 10.1. The topological polar surface area (TPSA) is 94.5 Å². The van der Waals surface area contributed by atoms with Crippen LogP contribution in [0.5, 0.6) is 0 Å². The fourth-order valence-electron chi connectivity index (χ4n) is 4.65. The summed E-state index contributed by atoms with van der Waals surface area (Å²) in [6.45, 7) is 1.08. The number of carbonyl (C=O) groups excluding carboxylic acids is 1. The first-order chi connectivity index (χ1) is 15.4. The number of hydrogen-bond donors (Lipinski definition) is 2. The van der Waals surface area contributed by atoms with Gasteiger partial charge in [-0.2, -0.15) is 4.98 Å². The van der Waals surface area contributed by atoms with E-state index in [-0.39, 0.29) is 25.1 Å². The predicted molar refractivity (Wildman–Crippen MR) is 114 cm³/mol. The molecule has 2 aromatic heterocycles. The maximum Gasteiger partial charge on any atom is 0.260 e. The minimum absolute atomic E-state index is 0.0332. The van der Waals surface area contributed by atoms with Gasteiger partial charge in [0.2, 0.25) is 11.9 Å². The minimum atomic E-state index is -2.84. The van der Waals surface area contributed by atoms with Crippen molar-refractivity contribution in [3.8, 4) is 0 Å². The fraction of sp³-hybridized carbons (Fsp3) is 0.524. The molecule has 2 unspecified atom stereocenters. The Bertz CT molecular complexity index is 1030. The Morgan fingerprint density at radius 3 is 2.62 bits per heavy atom. The van der Waals surface area contributed by atoms with Crippen LogP contribution in [0.1, 0.15) is 25.0 Å². The first-order valence-electron chi connectivity index (χ1n) is 10.7. The van der Waals surface area contributed by atoms with Crippen molar-refractivity contribution in [2.45, 2.75) is 43.7 Å². The summed E-state index contributed by atoms with van der Waals surface area (Å²) in [5.41, 5.74) is 1.23. The van der Waals surface area contributed by atoms with E-state index < -0.39 is 17.7 Å². The highest BCUT2D eigenvalue weighted by atomic mass is 35.5. The summed E-state index contributed by atoms with van der Waals surface area (Å²) in [6.07, 6.45) is 4.92. The van der Waals surface area contributed by atoms with Crippen LogP contribution in [-0.2, 0) is 11.2 Å². The molecule has 8 nitrogen and oxygen atoms in total. The van der Waals surface area contributed by atoms with Gasteiger partial charge in [0.05, 0.1) is 22.6 Å². The molecule has 0 spiro atoms. The van der Waals surface area contributed by atoms with Gasteiger partial charge in [-0.15, -0.1) is 0 Å². The van der Waals surface area contributed by atoms with Gasteiger partial charge >= 0.3 is 0 Å². The molecule has 1 aliphatic carbocycles. The molecule has 0 aromatic carbocycles. The largest absolute Gasteiger partial charge is 0.396 e. The zero-order chi connectivity index (χ0) is 22.5. The van der Waals surface area contributed by atoms with Gasteiger partial charge in [-0.05, 0) is 25.0 Å². The number of fused-ring (bicyclic) bond motifs is 2. The first kappa shape index (κ1) is 21.3. The van der Waals surface area contributed by atoms with Gasteiger partial charge in [0.25, 0.3) is 5.92 Å². The van der Waals surface area contributed by atoms with E-state index in [1.807, 2.05) is 0 Å². The van der Waals surface area contributed by atoms with Gasteiger partial charge in [0.1, 0.15) is 11.7 Å². The Labute approximate surface area is 188 Å². The average molecular weight is 465 g/mol. The molecular formula is C21H23ClF2N6O2. The Balaban J connectivity index is 1.28. The van der Waals surface area contributed by atoms with Gasteiger partial charge in [0.15, 0.2) is 0 Å². The Kier molecular flexibility index (Phi) is 5.37. The molecule has 1 amide bonds. The summed E-state index contributed by atoms with van der Waals surface area (Å²) in [7, 11) is 0. The van der Waals surface area contributed by atoms with Gasteiger partial charge in [-0.25, -0.2) is 13.8 Å². The number of nitrogens with one attached hydrogen (secondary N) is 1. The number of halogens is 3. The SMILES string of the molecule is O=C([C@@H]1CC1(F)F)N1C2CCC1CN(c1ccnc(Nc3cnc(CCO)c(Cl)c3)n1)C2. The fourth-order valence-corrected chi connectivity index (χ4v) is 4.91. The lowest BCUT2D eigenvalue weighted by Crippen LogP contribution is -2.56. The third-order valence-corrected chi connectivity index (χ3v) is 6.67. The number of aromatic nitrogens is 3. The predicted octanol–water partition coefficient (Wildman–Crippen LogP) is 2.64. The van der Waals surface area contributed by atoms with Gasteiger partial charge in [-0.1, -0.05) is 11.6 Å². The number of nitrogens with zero attached hydrogens (tertiary/aromatic N) is 5. The number of piperazine rings is 1. The highest BCUT2D eigenvalue weighted by Crippen LogP contribution is 2.51. The van der Waals surface area contributed by atoms with E-state index in [0.29, 0.717) is 47.7 Å². The quantitative estimate of drug-likeness (QED) is 0.678. The molecule has 2 aromatic rings. The summed E-state index contributed by atoms with van der Waals surface area (Å²) in [5.74, 6) is -3.30. The van der Waals surface area contributed by atoms with E-state index in [2.05, 4.69) is 25.2 Å².